The topological polar surface area (TPSA) is 93.7 Å². The Morgan fingerprint density at radius 2 is 1.64 bits per heavy atom. The predicted molar refractivity (Wildman–Crippen MR) is 94.1 cm³/mol. The van der Waals surface area contributed by atoms with Crippen molar-refractivity contribution in [1.29, 1.82) is 0 Å². The third kappa shape index (κ3) is 9.55. The van der Waals surface area contributed by atoms with Crippen LogP contribution in [-0.2, 0) is 23.9 Å². The molecule has 1 aliphatic rings. The Morgan fingerprint density at radius 1 is 1.00 bits per heavy atom. The van der Waals surface area contributed by atoms with Crippen LogP contribution in [0, 0.1) is 11.8 Å². The van der Waals surface area contributed by atoms with Crippen LogP contribution >= 0.6 is 0 Å². The van der Waals surface area contributed by atoms with Crippen molar-refractivity contribution in [1.82, 2.24) is 10.6 Å². The maximum Gasteiger partial charge on any atom is 0.246 e. The highest BCUT2D eigenvalue weighted by atomic mass is 16.5. The molecule has 0 saturated heterocycles. The van der Waals surface area contributed by atoms with E-state index in [0.717, 1.165) is 25.7 Å². The smallest absolute Gasteiger partial charge is 0.246 e. The van der Waals surface area contributed by atoms with Gasteiger partial charge in [-0.15, -0.1) is 0 Å². The van der Waals surface area contributed by atoms with Gasteiger partial charge >= 0.3 is 0 Å². The average molecular weight is 356 g/mol. The van der Waals surface area contributed by atoms with Crippen LogP contribution in [0.25, 0.3) is 0 Å². The van der Waals surface area contributed by atoms with E-state index in [1.54, 1.807) is 0 Å². The number of hydrogen-bond donors (Lipinski definition) is 2. The largest absolute Gasteiger partial charge is 0.377 e. The SMILES string of the molecule is CC(=O)NCCOCCOCC(=O)NC1CCC(C(=O)C(C)C)CC1. The fraction of sp³-hybridized carbons (Fsp3) is 0.833. The van der Waals surface area contributed by atoms with Crippen LogP contribution in [0.2, 0.25) is 0 Å². The highest BCUT2D eigenvalue weighted by Gasteiger charge is 2.28. The molecule has 0 aliphatic heterocycles. The maximum atomic E-state index is 12.0. The van der Waals surface area contributed by atoms with E-state index >= 15 is 0 Å². The zero-order chi connectivity index (χ0) is 18.7. The summed E-state index contributed by atoms with van der Waals surface area (Å²) in [4.78, 5) is 34.5. The number of hydrogen-bond acceptors (Lipinski definition) is 5. The van der Waals surface area contributed by atoms with Gasteiger partial charge < -0.3 is 20.1 Å². The molecule has 1 rings (SSSR count). The molecular weight excluding hydrogens is 324 g/mol. The third-order valence-corrected chi connectivity index (χ3v) is 4.29. The summed E-state index contributed by atoms with van der Waals surface area (Å²) >= 11 is 0. The lowest BCUT2D eigenvalue weighted by Crippen LogP contribution is -2.41. The Kier molecular flexibility index (Phi) is 10.3. The summed E-state index contributed by atoms with van der Waals surface area (Å²) in [5.41, 5.74) is 0. The molecule has 144 valence electrons. The Balaban J connectivity index is 2.02. The Bertz CT molecular complexity index is 431. The average Bonchev–Trinajstić information content (AvgIpc) is 2.57. The minimum atomic E-state index is -0.128. The van der Waals surface area contributed by atoms with Gasteiger partial charge in [0.2, 0.25) is 11.8 Å². The molecule has 0 aromatic carbocycles. The van der Waals surface area contributed by atoms with Gasteiger partial charge in [0.05, 0.1) is 19.8 Å². The standard InChI is InChI=1S/C18H32N2O5/c1-13(2)18(23)15-4-6-16(7-5-15)20-17(22)12-25-11-10-24-9-8-19-14(3)21/h13,15-16H,4-12H2,1-3H3,(H,19,21)(H,20,22). The number of nitrogens with one attached hydrogen (secondary N) is 2. The zero-order valence-corrected chi connectivity index (χ0v) is 15.6. The van der Waals surface area contributed by atoms with Gasteiger partial charge in [0, 0.05) is 31.3 Å². The number of carbonyl (C=O) groups excluding carboxylic acids is 3. The van der Waals surface area contributed by atoms with E-state index in [-0.39, 0.29) is 36.3 Å². The summed E-state index contributed by atoms with van der Waals surface area (Å²) in [5.74, 6) is 0.367. The van der Waals surface area contributed by atoms with E-state index in [9.17, 15) is 14.4 Å². The molecule has 0 aromatic rings. The highest BCUT2D eigenvalue weighted by molar-refractivity contribution is 5.83. The second kappa shape index (κ2) is 12.0. The predicted octanol–water partition coefficient (Wildman–Crippen LogP) is 1.06. The van der Waals surface area contributed by atoms with Gasteiger partial charge in [-0.2, -0.15) is 0 Å². The molecule has 2 amide bonds. The van der Waals surface area contributed by atoms with Crippen molar-refractivity contribution in [3.8, 4) is 0 Å². The lowest BCUT2D eigenvalue weighted by molar-refractivity contribution is -0.128. The monoisotopic (exact) mass is 356 g/mol. The molecule has 7 heteroatoms. The summed E-state index contributed by atoms with van der Waals surface area (Å²) in [7, 11) is 0. The van der Waals surface area contributed by atoms with Crippen molar-refractivity contribution in [2.75, 3.05) is 33.0 Å². The van der Waals surface area contributed by atoms with Crippen LogP contribution in [0.4, 0.5) is 0 Å². The lowest BCUT2D eigenvalue weighted by Gasteiger charge is -2.29. The van der Waals surface area contributed by atoms with Crippen molar-refractivity contribution in [3.05, 3.63) is 0 Å². The van der Waals surface area contributed by atoms with Crippen LogP contribution in [0.3, 0.4) is 0 Å². The molecule has 0 heterocycles. The lowest BCUT2D eigenvalue weighted by atomic mass is 9.80. The van der Waals surface area contributed by atoms with Crippen molar-refractivity contribution < 1.29 is 23.9 Å². The summed E-state index contributed by atoms with van der Waals surface area (Å²) < 4.78 is 10.5. The second-order valence-electron chi connectivity index (χ2n) is 6.82. The first-order valence-corrected chi connectivity index (χ1v) is 9.13. The number of rotatable bonds is 11. The Hall–Kier alpha value is -1.47. The van der Waals surface area contributed by atoms with E-state index in [4.69, 9.17) is 9.47 Å². The second-order valence-corrected chi connectivity index (χ2v) is 6.82. The van der Waals surface area contributed by atoms with Gasteiger partial charge in [-0.1, -0.05) is 13.8 Å². The van der Waals surface area contributed by atoms with E-state index in [1.165, 1.54) is 6.92 Å². The molecule has 2 N–H and O–H groups in total. The first-order valence-electron chi connectivity index (χ1n) is 9.13. The van der Waals surface area contributed by atoms with Crippen LogP contribution in [0.15, 0.2) is 0 Å². The van der Waals surface area contributed by atoms with Crippen molar-refractivity contribution >= 4 is 17.6 Å². The first kappa shape index (κ1) is 21.6. The van der Waals surface area contributed by atoms with Crippen LogP contribution in [0.1, 0.15) is 46.5 Å². The van der Waals surface area contributed by atoms with Crippen LogP contribution < -0.4 is 10.6 Å². The summed E-state index contributed by atoms with van der Waals surface area (Å²) in [6.45, 7) is 6.97. The van der Waals surface area contributed by atoms with Gasteiger partial charge in [0.25, 0.3) is 0 Å². The molecular formula is C18H32N2O5. The molecule has 0 unspecified atom stereocenters. The van der Waals surface area contributed by atoms with Crippen molar-refractivity contribution in [2.24, 2.45) is 11.8 Å². The van der Waals surface area contributed by atoms with Crippen LogP contribution in [0.5, 0.6) is 0 Å². The molecule has 0 aromatic heterocycles. The van der Waals surface area contributed by atoms with Crippen molar-refractivity contribution in [3.63, 3.8) is 0 Å². The number of amides is 2. The molecule has 1 aliphatic carbocycles. The fourth-order valence-electron chi connectivity index (χ4n) is 2.95. The number of Topliss-reactive ketones (excluding diaryl/α,β-unsaturated/α-hetero) is 1. The van der Waals surface area contributed by atoms with Gasteiger partial charge in [-0.3, -0.25) is 14.4 Å². The minimum Gasteiger partial charge on any atom is -0.377 e. The quantitative estimate of drug-likeness (QED) is 0.540. The summed E-state index contributed by atoms with van der Waals surface area (Å²) in [5, 5.41) is 5.59. The Labute approximate surface area is 150 Å². The molecule has 0 radical (unpaired) electrons. The van der Waals surface area contributed by atoms with Gasteiger partial charge in [0.1, 0.15) is 12.4 Å². The minimum absolute atomic E-state index is 0.0138. The molecule has 1 fully saturated rings. The molecule has 0 bridgehead atoms. The molecule has 1 saturated carbocycles. The van der Waals surface area contributed by atoms with Gasteiger partial charge in [-0.05, 0) is 25.7 Å². The summed E-state index contributed by atoms with van der Waals surface area (Å²) in [6.07, 6.45) is 3.40. The maximum absolute atomic E-state index is 12.0. The Morgan fingerprint density at radius 3 is 2.24 bits per heavy atom. The molecule has 7 nitrogen and oxygen atoms in total. The van der Waals surface area contributed by atoms with E-state index in [1.807, 2.05) is 13.8 Å². The highest BCUT2D eigenvalue weighted by Crippen LogP contribution is 2.27. The summed E-state index contributed by atoms with van der Waals surface area (Å²) in [6, 6.07) is 0.140. The van der Waals surface area contributed by atoms with Crippen molar-refractivity contribution in [2.45, 2.75) is 52.5 Å². The zero-order valence-electron chi connectivity index (χ0n) is 15.6. The van der Waals surface area contributed by atoms with E-state index in [0.29, 0.717) is 32.1 Å². The van der Waals surface area contributed by atoms with Gasteiger partial charge in [-0.25, -0.2) is 0 Å². The molecule has 0 atom stereocenters. The fourth-order valence-corrected chi connectivity index (χ4v) is 2.95. The van der Waals surface area contributed by atoms with Gasteiger partial charge in [0.15, 0.2) is 0 Å². The van der Waals surface area contributed by atoms with Crippen LogP contribution in [-0.4, -0.2) is 56.6 Å². The number of ketones is 1. The normalized spacial score (nSPS) is 20.3. The number of ether oxygens (including phenoxy) is 2. The first-order chi connectivity index (χ1) is 11.9. The van der Waals surface area contributed by atoms with E-state index in [2.05, 4.69) is 10.6 Å². The van der Waals surface area contributed by atoms with E-state index < -0.39 is 0 Å². The number of carbonyl (C=O) groups is 3. The molecule has 25 heavy (non-hydrogen) atoms. The molecule has 0 spiro atoms. The third-order valence-electron chi connectivity index (χ3n) is 4.29.